The van der Waals surface area contributed by atoms with Gasteiger partial charge in [0.25, 0.3) is 11.8 Å². The second-order valence-corrected chi connectivity index (χ2v) is 8.98. The quantitative estimate of drug-likeness (QED) is 0.774. The predicted octanol–water partition coefficient (Wildman–Crippen LogP) is 1.68. The summed E-state index contributed by atoms with van der Waals surface area (Å²) in [6, 6.07) is 5.44. The van der Waals surface area contributed by atoms with Crippen molar-refractivity contribution in [1.29, 1.82) is 0 Å². The van der Waals surface area contributed by atoms with Crippen molar-refractivity contribution < 1.29 is 22.0 Å². The lowest BCUT2D eigenvalue weighted by molar-refractivity contribution is 0.0118. The zero-order valence-electron chi connectivity index (χ0n) is 14.9. The summed E-state index contributed by atoms with van der Waals surface area (Å²) in [4.78, 5) is 12.1. The van der Waals surface area contributed by atoms with Crippen LogP contribution in [-0.2, 0) is 10.0 Å². The highest BCUT2D eigenvalue weighted by atomic mass is 32.2. The highest BCUT2D eigenvalue weighted by molar-refractivity contribution is 7.89. The van der Waals surface area contributed by atoms with Crippen LogP contribution in [0.5, 0.6) is 0 Å². The number of alkyl halides is 2. The van der Waals surface area contributed by atoms with Crippen molar-refractivity contribution in [3.8, 4) is 0 Å². The molecule has 2 atom stereocenters. The lowest BCUT2D eigenvalue weighted by atomic mass is 9.94. The van der Waals surface area contributed by atoms with Crippen LogP contribution in [0.15, 0.2) is 29.2 Å². The molecule has 0 aromatic heterocycles. The Hall–Kier alpha value is -1.58. The molecule has 146 valence electrons. The first kappa shape index (κ1) is 20.7. The van der Waals surface area contributed by atoms with E-state index in [-0.39, 0.29) is 22.3 Å². The molecule has 0 radical (unpaired) electrons. The van der Waals surface area contributed by atoms with Gasteiger partial charge in [-0.2, -0.15) is 4.31 Å². The molecule has 9 heteroatoms. The Bertz CT molecular complexity index is 745. The largest absolute Gasteiger partial charge is 0.346 e. The highest BCUT2D eigenvalue weighted by Crippen LogP contribution is 2.27. The van der Waals surface area contributed by atoms with Crippen LogP contribution in [0.4, 0.5) is 8.78 Å². The van der Waals surface area contributed by atoms with E-state index in [2.05, 4.69) is 5.32 Å². The van der Waals surface area contributed by atoms with Gasteiger partial charge in [-0.05, 0) is 36.5 Å². The van der Waals surface area contributed by atoms with E-state index in [9.17, 15) is 22.0 Å². The molecule has 0 spiro atoms. The first-order chi connectivity index (χ1) is 12.0. The van der Waals surface area contributed by atoms with Crippen molar-refractivity contribution in [3.63, 3.8) is 0 Å². The molecule has 1 aliphatic heterocycles. The number of nitrogens with two attached hydrogens (primary N) is 1. The summed E-state index contributed by atoms with van der Waals surface area (Å²) in [6.45, 7) is 3.06. The van der Waals surface area contributed by atoms with E-state index in [1.807, 2.05) is 13.8 Å². The zero-order valence-corrected chi connectivity index (χ0v) is 15.7. The van der Waals surface area contributed by atoms with Gasteiger partial charge in [0.15, 0.2) is 0 Å². The maximum absolute atomic E-state index is 13.2. The van der Waals surface area contributed by atoms with Crippen LogP contribution in [0.25, 0.3) is 0 Å². The summed E-state index contributed by atoms with van der Waals surface area (Å²) in [7, 11) is -3.75. The van der Waals surface area contributed by atoms with E-state index in [0.717, 1.165) is 6.42 Å². The standard InChI is InChI=1S/C17H25F2N3O3S/c1-12-6-13(2)9-22(8-12)26(24,25)15-5-3-4-14(7-15)16(23)21-11-17(18,19)10-20/h3-5,7,12-13H,6,8-11,20H2,1-2H3,(H,21,23). The van der Waals surface area contributed by atoms with Crippen LogP contribution in [0.2, 0.25) is 0 Å². The fraction of sp³-hybridized carbons (Fsp3) is 0.588. The van der Waals surface area contributed by atoms with Crippen LogP contribution in [0, 0.1) is 11.8 Å². The summed E-state index contributed by atoms with van der Waals surface area (Å²) < 4.78 is 53.5. The lowest BCUT2D eigenvalue weighted by Crippen LogP contribution is -2.42. The third-order valence-electron chi connectivity index (χ3n) is 4.38. The Labute approximate surface area is 152 Å². The normalized spacial score (nSPS) is 22.2. The molecule has 1 saturated heterocycles. The lowest BCUT2D eigenvalue weighted by Gasteiger charge is -2.34. The number of halogens is 2. The minimum atomic E-state index is -3.75. The second kappa shape index (κ2) is 7.98. The summed E-state index contributed by atoms with van der Waals surface area (Å²) in [6.07, 6.45) is 0.962. The minimum absolute atomic E-state index is 0.0111. The molecular formula is C17H25F2N3O3S. The van der Waals surface area contributed by atoms with Crippen molar-refractivity contribution in [2.24, 2.45) is 17.6 Å². The Morgan fingerprint density at radius 2 is 1.92 bits per heavy atom. The molecule has 6 nitrogen and oxygen atoms in total. The summed E-state index contributed by atoms with van der Waals surface area (Å²) in [5.74, 6) is -3.48. The van der Waals surface area contributed by atoms with Crippen LogP contribution in [-0.4, -0.2) is 50.7 Å². The molecule has 0 saturated carbocycles. The van der Waals surface area contributed by atoms with Gasteiger partial charge in [0, 0.05) is 18.7 Å². The molecular weight excluding hydrogens is 364 g/mol. The van der Waals surface area contributed by atoms with Crippen LogP contribution >= 0.6 is 0 Å². The number of nitrogens with zero attached hydrogens (tertiary/aromatic N) is 1. The number of amides is 1. The molecule has 1 heterocycles. The van der Waals surface area contributed by atoms with E-state index in [1.54, 1.807) is 0 Å². The monoisotopic (exact) mass is 389 g/mol. The van der Waals surface area contributed by atoms with Gasteiger partial charge in [0.1, 0.15) is 0 Å². The first-order valence-corrected chi connectivity index (χ1v) is 9.95. The smallest absolute Gasteiger partial charge is 0.277 e. The molecule has 1 fully saturated rings. The van der Waals surface area contributed by atoms with Gasteiger partial charge in [-0.25, -0.2) is 17.2 Å². The number of nitrogens with one attached hydrogen (secondary N) is 1. The molecule has 26 heavy (non-hydrogen) atoms. The van der Waals surface area contributed by atoms with Gasteiger partial charge in [0.05, 0.1) is 18.0 Å². The van der Waals surface area contributed by atoms with Crippen LogP contribution in [0.3, 0.4) is 0 Å². The van der Waals surface area contributed by atoms with Crippen LogP contribution < -0.4 is 11.1 Å². The Morgan fingerprint density at radius 1 is 1.31 bits per heavy atom. The highest BCUT2D eigenvalue weighted by Gasteiger charge is 2.32. The fourth-order valence-electron chi connectivity index (χ4n) is 3.13. The van der Waals surface area contributed by atoms with E-state index in [1.165, 1.54) is 28.6 Å². The van der Waals surface area contributed by atoms with Crippen molar-refractivity contribution >= 4 is 15.9 Å². The maximum atomic E-state index is 13.2. The van der Waals surface area contributed by atoms with E-state index in [0.29, 0.717) is 13.1 Å². The molecule has 1 amide bonds. The van der Waals surface area contributed by atoms with E-state index < -0.39 is 34.9 Å². The number of rotatable bonds is 6. The third-order valence-corrected chi connectivity index (χ3v) is 6.20. The van der Waals surface area contributed by atoms with E-state index in [4.69, 9.17) is 5.73 Å². The van der Waals surface area contributed by atoms with Gasteiger partial charge in [-0.15, -0.1) is 0 Å². The molecule has 3 N–H and O–H groups in total. The average molecular weight is 389 g/mol. The van der Waals surface area contributed by atoms with Gasteiger partial charge in [-0.1, -0.05) is 19.9 Å². The summed E-state index contributed by atoms with van der Waals surface area (Å²) in [5.41, 5.74) is 4.94. The number of benzene rings is 1. The SMILES string of the molecule is CC1CC(C)CN(S(=O)(=O)c2cccc(C(=O)NCC(F)(F)CN)c2)C1. The Kier molecular flexibility index (Phi) is 6.36. The summed E-state index contributed by atoms with van der Waals surface area (Å²) >= 11 is 0. The average Bonchev–Trinajstić information content (AvgIpc) is 2.59. The topological polar surface area (TPSA) is 92.5 Å². The predicted molar refractivity (Wildman–Crippen MR) is 94.5 cm³/mol. The Balaban J connectivity index is 2.18. The van der Waals surface area contributed by atoms with Crippen molar-refractivity contribution in [2.75, 3.05) is 26.2 Å². The van der Waals surface area contributed by atoms with Gasteiger partial charge in [0.2, 0.25) is 10.0 Å². The number of hydrogen-bond acceptors (Lipinski definition) is 4. The molecule has 1 aliphatic rings. The number of carbonyl (C=O) groups is 1. The summed E-state index contributed by atoms with van der Waals surface area (Å²) in [5, 5.41) is 2.09. The molecule has 2 rings (SSSR count). The molecule has 2 unspecified atom stereocenters. The first-order valence-electron chi connectivity index (χ1n) is 8.51. The van der Waals surface area contributed by atoms with Gasteiger partial charge < -0.3 is 11.1 Å². The number of piperidine rings is 1. The number of carbonyl (C=O) groups excluding carboxylic acids is 1. The minimum Gasteiger partial charge on any atom is -0.346 e. The molecule has 1 aromatic rings. The van der Waals surface area contributed by atoms with Gasteiger partial charge >= 0.3 is 0 Å². The molecule has 0 aliphatic carbocycles. The van der Waals surface area contributed by atoms with E-state index >= 15 is 0 Å². The number of hydrogen-bond donors (Lipinski definition) is 2. The molecule has 0 bridgehead atoms. The second-order valence-electron chi connectivity index (χ2n) is 7.04. The maximum Gasteiger partial charge on any atom is 0.277 e. The Morgan fingerprint density at radius 3 is 2.50 bits per heavy atom. The number of sulfonamides is 1. The fourth-order valence-corrected chi connectivity index (χ4v) is 4.86. The van der Waals surface area contributed by atoms with Gasteiger partial charge in [-0.3, -0.25) is 4.79 Å². The van der Waals surface area contributed by atoms with Crippen LogP contribution in [0.1, 0.15) is 30.6 Å². The van der Waals surface area contributed by atoms with Crippen molar-refractivity contribution in [3.05, 3.63) is 29.8 Å². The molecule has 1 aromatic carbocycles. The zero-order chi connectivity index (χ0) is 19.5. The van der Waals surface area contributed by atoms with Crippen molar-refractivity contribution in [1.82, 2.24) is 9.62 Å². The van der Waals surface area contributed by atoms with Crippen molar-refractivity contribution in [2.45, 2.75) is 31.1 Å². The third kappa shape index (κ3) is 4.99.